The molecule has 0 aliphatic heterocycles. The van der Waals surface area contributed by atoms with Crippen molar-refractivity contribution in [2.24, 2.45) is 0 Å². The van der Waals surface area contributed by atoms with Crippen LogP contribution in [0.3, 0.4) is 0 Å². The van der Waals surface area contributed by atoms with Gasteiger partial charge in [-0.15, -0.1) is 0 Å². The maximum absolute atomic E-state index is 5.88. The molecule has 0 aliphatic carbocycles. The van der Waals surface area contributed by atoms with Crippen molar-refractivity contribution >= 4 is 5.69 Å². The van der Waals surface area contributed by atoms with E-state index in [2.05, 4.69) is 19.1 Å². The van der Waals surface area contributed by atoms with Crippen LogP contribution in [0.15, 0.2) is 42.5 Å². The number of hydrogen-bond acceptors (Lipinski definition) is 4. The summed E-state index contributed by atoms with van der Waals surface area (Å²) in [5.74, 6) is 2.20. The number of benzene rings is 2. The van der Waals surface area contributed by atoms with Gasteiger partial charge in [-0.25, -0.2) is 0 Å². The van der Waals surface area contributed by atoms with Crippen molar-refractivity contribution in [2.45, 2.75) is 13.3 Å². The summed E-state index contributed by atoms with van der Waals surface area (Å²) in [6.45, 7) is 3.03. The molecule has 2 aromatic rings. The van der Waals surface area contributed by atoms with Crippen LogP contribution in [0.25, 0.3) is 0 Å². The van der Waals surface area contributed by atoms with Crippen molar-refractivity contribution < 1.29 is 14.2 Å². The highest BCUT2D eigenvalue weighted by molar-refractivity contribution is 5.56. The highest BCUT2D eigenvalue weighted by Crippen LogP contribution is 2.26. The highest BCUT2D eigenvalue weighted by Gasteiger charge is 2.02. The van der Waals surface area contributed by atoms with E-state index in [1.54, 1.807) is 19.2 Å². The lowest BCUT2D eigenvalue weighted by atomic mass is 10.2. The van der Waals surface area contributed by atoms with E-state index in [-0.39, 0.29) is 0 Å². The van der Waals surface area contributed by atoms with E-state index in [0.29, 0.717) is 30.4 Å². The molecule has 0 unspecified atom stereocenters. The zero-order chi connectivity index (χ0) is 15.1. The van der Waals surface area contributed by atoms with E-state index in [1.807, 2.05) is 18.2 Å². The molecule has 2 N–H and O–H groups in total. The van der Waals surface area contributed by atoms with Crippen molar-refractivity contribution in [1.82, 2.24) is 0 Å². The third kappa shape index (κ3) is 4.31. The van der Waals surface area contributed by atoms with Crippen LogP contribution >= 0.6 is 0 Å². The van der Waals surface area contributed by atoms with Gasteiger partial charge in [-0.2, -0.15) is 0 Å². The summed E-state index contributed by atoms with van der Waals surface area (Å²) in [5.41, 5.74) is 7.73. The summed E-state index contributed by atoms with van der Waals surface area (Å²) in [5, 5.41) is 0. The summed E-state index contributed by atoms with van der Waals surface area (Å²) in [4.78, 5) is 0. The Morgan fingerprint density at radius 3 is 2.19 bits per heavy atom. The lowest BCUT2D eigenvalue weighted by Crippen LogP contribution is -2.10. The first-order valence-corrected chi connectivity index (χ1v) is 7.01. The molecule has 0 saturated heterocycles. The van der Waals surface area contributed by atoms with Crippen molar-refractivity contribution in [3.8, 4) is 17.2 Å². The molecule has 0 fully saturated rings. The van der Waals surface area contributed by atoms with E-state index in [0.717, 1.165) is 12.2 Å². The lowest BCUT2D eigenvalue weighted by Gasteiger charge is -2.11. The van der Waals surface area contributed by atoms with Gasteiger partial charge >= 0.3 is 0 Å². The van der Waals surface area contributed by atoms with Crippen molar-refractivity contribution in [3.63, 3.8) is 0 Å². The molecule has 4 heteroatoms. The number of hydrogen-bond donors (Lipinski definition) is 1. The number of methoxy groups -OCH3 is 1. The zero-order valence-electron chi connectivity index (χ0n) is 12.5. The first-order chi connectivity index (χ1) is 10.2. The Morgan fingerprint density at radius 1 is 0.905 bits per heavy atom. The van der Waals surface area contributed by atoms with Crippen LogP contribution in [0.4, 0.5) is 5.69 Å². The van der Waals surface area contributed by atoms with Crippen LogP contribution in [0.1, 0.15) is 12.5 Å². The average molecular weight is 287 g/mol. The van der Waals surface area contributed by atoms with Crippen LogP contribution in [-0.2, 0) is 6.42 Å². The first kappa shape index (κ1) is 15.0. The van der Waals surface area contributed by atoms with Crippen LogP contribution in [0.2, 0.25) is 0 Å². The predicted molar refractivity (Wildman–Crippen MR) is 84.2 cm³/mol. The molecule has 0 aliphatic rings. The first-order valence-electron chi connectivity index (χ1n) is 7.01. The van der Waals surface area contributed by atoms with Gasteiger partial charge < -0.3 is 19.9 Å². The summed E-state index contributed by atoms with van der Waals surface area (Å²) >= 11 is 0. The normalized spacial score (nSPS) is 10.2. The molecule has 21 heavy (non-hydrogen) atoms. The fraction of sp³-hybridized carbons (Fsp3) is 0.294. The SMILES string of the molecule is CCc1ccc(OCCOc2ccc(OC)cc2N)cc1. The van der Waals surface area contributed by atoms with Crippen LogP contribution in [-0.4, -0.2) is 20.3 Å². The fourth-order valence-electron chi connectivity index (χ4n) is 1.92. The summed E-state index contributed by atoms with van der Waals surface area (Å²) in [7, 11) is 1.60. The molecular weight excluding hydrogens is 266 g/mol. The van der Waals surface area contributed by atoms with Gasteiger partial charge in [0.2, 0.25) is 0 Å². The second-order valence-corrected chi connectivity index (χ2v) is 4.60. The number of anilines is 1. The monoisotopic (exact) mass is 287 g/mol. The topological polar surface area (TPSA) is 53.7 Å². The van der Waals surface area contributed by atoms with Crippen molar-refractivity contribution in [1.29, 1.82) is 0 Å². The Labute approximate surface area is 125 Å². The smallest absolute Gasteiger partial charge is 0.142 e. The number of rotatable bonds is 7. The molecular formula is C17H21NO3. The molecule has 0 amide bonds. The van der Waals surface area contributed by atoms with E-state index >= 15 is 0 Å². The van der Waals surface area contributed by atoms with Gasteiger partial charge in [0, 0.05) is 6.07 Å². The second-order valence-electron chi connectivity index (χ2n) is 4.60. The number of nitrogens with two attached hydrogens (primary N) is 1. The predicted octanol–water partition coefficient (Wildman–Crippen LogP) is 3.30. The summed E-state index contributed by atoms with van der Waals surface area (Å²) in [6.07, 6.45) is 1.03. The number of aryl methyl sites for hydroxylation is 1. The molecule has 112 valence electrons. The fourth-order valence-corrected chi connectivity index (χ4v) is 1.92. The van der Waals surface area contributed by atoms with Gasteiger partial charge in [0.15, 0.2) is 0 Å². The van der Waals surface area contributed by atoms with E-state index in [9.17, 15) is 0 Å². The quantitative estimate of drug-likeness (QED) is 0.627. The highest BCUT2D eigenvalue weighted by atomic mass is 16.5. The largest absolute Gasteiger partial charge is 0.497 e. The van der Waals surface area contributed by atoms with Crippen LogP contribution in [0, 0.1) is 0 Å². The standard InChI is InChI=1S/C17H21NO3/c1-3-13-4-6-14(7-5-13)20-10-11-21-17-9-8-15(19-2)12-16(17)18/h4-9,12H,3,10-11,18H2,1-2H3. The molecule has 0 aromatic heterocycles. The minimum absolute atomic E-state index is 0.437. The van der Waals surface area contributed by atoms with Crippen molar-refractivity contribution in [3.05, 3.63) is 48.0 Å². The van der Waals surface area contributed by atoms with Gasteiger partial charge in [-0.1, -0.05) is 19.1 Å². The third-order valence-corrected chi connectivity index (χ3v) is 3.16. The molecule has 2 aromatic carbocycles. The molecule has 0 radical (unpaired) electrons. The third-order valence-electron chi connectivity index (χ3n) is 3.16. The van der Waals surface area contributed by atoms with Crippen LogP contribution < -0.4 is 19.9 Å². The van der Waals surface area contributed by atoms with Gasteiger partial charge in [0.25, 0.3) is 0 Å². The Kier molecular flexibility index (Phi) is 5.32. The Hall–Kier alpha value is -2.36. The summed E-state index contributed by atoms with van der Waals surface area (Å²) < 4.78 is 16.3. The molecule has 0 atom stereocenters. The molecule has 0 bridgehead atoms. The summed E-state index contributed by atoms with van der Waals surface area (Å²) in [6, 6.07) is 13.4. The zero-order valence-corrected chi connectivity index (χ0v) is 12.5. The number of nitrogen functional groups attached to an aromatic ring is 1. The molecule has 0 spiro atoms. The maximum Gasteiger partial charge on any atom is 0.142 e. The van der Waals surface area contributed by atoms with Gasteiger partial charge in [0.1, 0.15) is 30.5 Å². The Morgan fingerprint density at radius 2 is 1.57 bits per heavy atom. The van der Waals surface area contributed by atoms with E-state index < -0.39 is 0 Å². The average Bonchev–Trinajstić information content (AvgIpc) is 2.53. The van der Waals surface area contributed by atoms with Gasteiger partial charge in [-0.3, -0.25) is 0 Å². The Bertz CT molecular complexity index is 567. The number of ether oxygens (including phenoxy) is 3. The minimum Gasteiger partial charge on any atom is -0.497 e. The lowest BCUT2D eigenvalue weighted by molar-refractivity contribution is 0.218. The van der Waals surface area contributed by atoms with Crippen LogP contribution in [0.5, 0.6) is 17.2 Å². The molecule has 4 nitrogen and oxygen atoms in total. The molecule has 0 heterocycles. The van der Waals surface area contributed by atoms with Crippen molar-refractivity contribution in [2.75, 3.05) is 26.1 Å². The Balaban J connectivity index is 1.78. The molecule has 2 rings (SSSR count). The van der Waals surface area contributed by atoms with E-state index in [1.165, 1.54) is 5.56 Å². The second kappa shape index (κ2) is 7.43. The van der Waals surface area contributed by atoms with Gasteiger partial charge in [-0.05, 0) is 36.2 Å². The van der Waals surface area contributed by atoms with E-state index in [4.69, 9.17) is 19.9 Å². The minimum atomic E-state index is 0.437. The maximum atomic E-state index is 5.88. The molecule has 0 saturated carbocycles. The van der Waals surface area contributed by atoms with Gasteiger partial charge in [0.05, 0.1) is 12.8 Å².